The van der Waals surface area contributed by atoms with Gasteiger partial charge >= 0.3 is 6.03 Å². The zero-order valence-corrected chi connectivity index (χ0v) is 10.8. The number of hydrogen-bond acceptors (Lipinski definition) is 4. The van der Waals surface area contributed by atoms with E-state index in [9.17, 15) is 9.59 Å². The summed E-state index contributed by atoms with van der Waals surface area (Å²) in [4.78, 5) is 35.0. The summed E-state index contributed by atoms with van der Waals surface area (Å²) in [7, 11) is 0. The third-order valence-corrected chi connectivity index (χ3v) is 3.53. The lowest BCUT2D eigenvalue weighted by atomic mass is 10.2. The van der Waals surface area contributed by atoms with Crippen LogP contribution in [0.4, 0.5) is 4.79 Å². The van der Waals surface area contributed by atoms with Crippen molar-refractivity contribution in [3.63, 3.8) is 0 Å². The van der Waals surface area contributed by atoms with Gasteiger partial charge < -0.3 is 15.1 Å². The van der Waals surface area contributed by atoms with Crippen LogP contribution in [0.3, 0.4) is 0 Å². The van der Waals surface area contributed by atoms with E-state index in [2.05, 4.69) is 15.3 Å². The van der Waals surface area contributed by atoms with Gasteiger partial charge in [-0.25, -0.2) is 9.78 Å². The molecule has 0 bridgehead atoms. The van der Waals surface area contributed by atoms with E-state index in [4.69, 9.17) is 11.6 Å². The summed E-state index contributed by atoms with van der Waals surface area (Å²) in [6, 6.07) is -0.0167. The van der Waals surface area contributed by atoms with E-state index >= 15 is 0 Å². The predicted octanol–water partition coefficient (Wildman–Crippen LogP) is -0.0204. The van der Waals surface area contributed by atoms with Crippen molar-refractivity contribution >= 4 is 23.5 Å². The topological polar surface area (TPSA) is 78.4 Å². The van der Waals surface area contributed by atoms with Crippen LogP contribution >= 0.6 is 11.6 Å². The lowest BCUT2D eigenvalue weighted by Gasteiger charge is -2.36. The van der Waals surface area contributed by atoms with Crippen LogP contribution in [-0.4, -0.2) is 63.9 Å². The molecule has 2 aliphatic heterocycles. The van der Waals surface area contributed by atoms with Gasteiger partial charge in [0.2, 0.25) is 0 Å². The second-order valence-electron chi connectivity index (χ2n) is 4.51. The molecule has 1 unspecified atom stereocenters. The van der Waals surface area contributed by atoms with Crippen molar-refractivity contribution in [3.05, 3.63) is 23.2 Å². The molecule has 1 N–H and O–H groups in total. The van der Waals surface area contributed by atoms with Crippen molar-refractivity contribution in [2.45, 2.75) is 6.04 Å². The molecule has 1 aromatic rings. The highest BCUT2D eigenvalue weighted by molar-refractivity contribution is 6.29. The number of aromatic nitrogens is 2. The summed E-state index contributed by atoms with van der Waals surface area (Å²) in [5.41, 5.74) is 0.234. The van der Waals surface area contributed by atoms with E-state index in [1.54, 1.807) is 9.80 Å². The summed E-state index contributed by atoms with van der Waals surface area (Å²) in [6.45, 7) is 2.11. The molecule has 0 radical (unpaired) electrons. The molecule has 7 nitrogen and oxygen atoms in total. The highest BCUT2D eigenvalue weighted by atomic mass is 35.5. The number of rotatable bonds is 1. The molecule has 19 heavy (non-hydrogen) atoms. The van der Waals surface area contributed by atoms with Crippen molar-refractivity contribution < 1.29 is 9.59 Å². The van der Waals surface area contributed by atoms with Gasteiger partial charge in [-0.15, -0.1) is 0 Å². The Morgan fingerprint density at radius 3 is 3.05 bits per heavy atom. The first kappa shape index (κ1) is 12.2. The highest BCUT2D eigenvalue weighted by Gasteiger charge is 2.37. The first-order valence-corrected chi connectivity index (χ1v) is 6.34. The van der Waals surface area contributed by atoms with Gasteiger partial charge in [0, 0.05) is 26.2 Å². The zero-order valence-electron chi connectivity index (χ0n) is 10.0. The Hall–Kier alpha value is -1.89. The van der Waals surface area contributed by atoms with Gasteiger partial charge in [0.1, 0.15) is 10.8 Å². The fourth-order valence-corrected chi connectivity index (χ4v) is 2.54. The number of carbonyl (C=O) groups is 2. The molecular formula is C11H12ClN5O2. The van der Waals surface area contributed by atoms with E-state index < -0.39 is 0 Å². The zero-order chi connectivity index (χ0) is 13.4. The summed E-state index contributed by atoms with van der Waals surface area (Å²) in [5.74, 6) is -0.200. The van der Waals surface area contributed by atoms with Crippen LogP contribution in [0.15, 0.2) is 12.4 Å². The van der Waals surface area contributed by atoms with Gasteiger partial charge in [0.25, 0.3) is 5.91 Å². The van der Waals surface area contributed by atoms with Gasteiger partial charge in [0.05, 0.1) is 18.4 Å². The molecule has 1 atom stereocenters. The first-order chi connectivity index (χ1) is 9.15. The van der Waals surface area contributed by atoms with Gasteiger partial charge in [0.15, 0.2) is 0 Å². The summed E-state index contributed by atoms with van der Waals surface area (Å²) in [5, 5.41) is 2.97. The molecule has 0 saturated carbocycles. The number of hydrogen-bond donors (Lipinski definition) is 1. The lowest BCUT2D eigenvalue weighted by molar-refractivity contribution is 0.0611. The second-order valence-corrected chi connectivity index (χ2v) is 4.90. The Bertz CT molecular complexity index is 538. The third-order valence-electron chi connectivity index (χ3n) is 3.34. The molecule has 0 aromatic carbocycles. The Morgan fingerprint density at radius 1 is 1.42 bits per heavy atom. The van der Waals surface area contributed by atoms with Crippen molar-refractivity contribution in [3.8, 4) is 0 Å². The Morgan fingerprint density at radius 2 is 2.26 bits per heavy atom. The number of urea groups is 1. The Balaban J connectivity index is 1.74. The molecule has 100 valence electrons. The molecule has 0 spiro atoms. The Labute approximate surface area is 114 Å². The number of nitrogens with zero attached hydrogens (tertiary/aromatic N) is 4. The maximum absolute atomic E-state index is 12.3. The van der Waals surface area contributed by atoms with Crippen molar-refractivity contribution in [1.29, 1.82) is 0 Å². The fourth-order valence-electron chi connectivity index (χ4n) is 2.40. The van der Waals surface area contributed by atoms with Crippen LogP contribution in [-0.2, 0) is 0 Å². The van der Waals surface area contributed by atoms with E-state index in [1.165, 1.54) is 12.4 Å². The van der Waals surface area contributed by atoms with Crippen LogP contribution < -0.4 is 5.32 Å². The fraction of sp³-hybridized carbons (Fsp3) is 0.455. The molecule has 2 saturated heterocycles. The van der Waals surface area contributed by atoms with E-state index in [1.807, 2.05) is 0 Å². The van der Waals surface area contributed by atoms with Crippen molar-refractivity contribution in [2.75, 3.05) is 26.2 Å². The smallest absolute Gasteiger partial charge is 0.317 e. The van der Waals surface area contributed by atoms with Crippen LogP contribution in [0, 0.1) is 0 Å². The SMILES string of the molecule is O=C(c1cncc(Cl)n1)N1CCN2C(=O)NCC2C1. The summed E-state index contributed by atoms with van der Waals surface area (Å²) < 4.78 is 0. The number of piperazine rings is 1. The van der Waals surface area contributed by atoms with Crippen molar-refractivity contribution in [1.82, 2.24) is 25.1 Å². The van der Waals surface area contributed by atoms with E-state index in [-0.39, 0.29) is 28.8 Å². The number of amides is 3. The molecule has 3 rings (SSSR count). The Kier molecular flexibility index (Phi) is 2.98. The van der Waals surface area contributed by atoms with Crippen LogP contribution in [0.25, 0.3) is 0 Å². The molecule has 0 aliphatic carbocycles. The molecule has 8 heteroatoms. The van der Waals surface area contributed by atoms with Crippen LogP contribution in [0.5, 0.6) is 0 Å². The molecule has 2 fully saturated rings. The molecule has 2 aliphatic rings. The third kappa shape index (κ3) is 2.21. The van der Waals surface area contributed by atoms with Gasteiger partial charge in [-0.2, -0.15) is 0 Å². The van der Waals surface area contributed by atoms with E-state index in [0.717, 1.165) is 0 Å². The standard InChI is InChI=1S/C11H12ClN5O2/c12-9-5-13-4-8(15-9)10(18)16-1-2-17-7(6-16)3-14-11(17)19/h4-5,7H,1-3,6H2,(H,14,19). The summed E-state index contributed by atoms with van der Waals surface area (Å²) >= 11 is 5.73. The van der Waals surface area contributed by atoms with Crippen LogP contribution in [0.1, 0.15) is 10.5 Å². The molecule has 3 amide bonds. The minimum atomic E-state index is -0.200. The minimum absolute atomic E-state index is 0.0392. The molecular weight excluding hydrogens is 270 g/mol. The maximum atomic E-state index is 12.3. The first-order valence-electron chi connectivity index (χ1n) is 5.96. The average molecular weight is 282 g/mol. The normalized spacial score (nSPS) is 22.2. The molecule has 1 aromatic heterocycles. The number of carbonyl (C=O) groups excluding carboxylic acids is 2. The van der Waals surface area contributed by atoms with Gasteiger partial charge in [-0.05, 0) is 0 Å². The van der Waals surface area contributed by atoms with Crippen molar-refractivity contribution in [2.24, 2.45) is 0 Å². The van der Waals surface area contributed by atoms with Gasteiger partial charge in [-0.3, -0.25) is 9.78 Å². The van der Waals surface area contributed by atoms with E-state index in [0.29, 0.717) is 26.2 Å². The monoisotopic (exact) mass is 281 g/mol. The molecule has 3 heterocycles. The quantitative estimate of drug-likeness (QED) is 0.785. The predicted molar refractivity (Wildman–Crippen MR) is 66.8 cm³/mol. The average Bonchev–Trinajstić information content (AvgIpc) is 2.79. The number of halogens is 1. The lowest BCUT2D eigenvalue weighted by Crippen LogP contribution is -2.53. The number of nitrogens with one attached hydrogen (secondary N) is 1. The van der Waals surface area contributed by atoms with Gasteiger partial charge in [-0.1, -0.05) is 11.6 Å². The highest BCUT2D eigenvalue weighted by Crippen LogP contribution is 2.16. The largest absolute Gasteiger partial charge is 0.336 e. The van der Waals surface area contributed by atoms with Crippen LogP contribution in [0.2, 0.25) is 5.15 Å². The minimum Gasteiger partial charge on any atom is -0.336 e. The maximum Gasteiger partial charge on any atom is 0.317 e. The second kappa shape index (κ2) is 4.65. The number of fused-ring (bicyclic) bond motifs is 1. The summed E-state index contributed by atoms with van der Waals surface area (Å²) in [6.07, 6.45) is 2.79.